The maximum atomic E-state index is 6.03. The molecule has 0 N–H and O–H groups in total. The molecule has 0 saturated heterocycles. The first kappa shape index (κ1) is 14.4. The molecule has 0 radical (unpaired) electrons. The van der Waals surface area contributed by atoms with Gasteiger partial charge in [0.25, 0.3) is 0 Å². The van der Waals surface area contributed by atoms with Crippen molar-refractivity contribution in [1.29, 1.82) is 0 Å². The number of thiophene rings is 1. The fourth-order valence-electron chi connectivity index (χ4n) is 1.94. The van der Waals surface area contributed by atoms with Crippen LogP contribution in [0.2, 0.25) is 10.0 Å². The highest BCUT2D eigenvalue weighted by molar-refractivity contribution is 9.09. The summed E-state index contributed by atoms with van der Waals surface area (Å²) in [4.78, 5) is 3.06. The van der Waals surface area contributed by atoms with Crippen molar-refractivity contribution >= 4 is 50.5 Å². The van der Waals surface area contributed by atoms with Crippen LogP contribution in [0.25, 0.3) is 0 Å². The second-order valence-corrected chi connectivity index (χ2v) is 7.53. The number of benzene rings is 1. The molecule has 0 fully saturated rings. The van der Waals surface area contributed by atoms with Gasteiger partial charge < -0.3 is 0 Å². The van der Waals surface area contributed by atoms with E-state index < -0.39 is 0 Å². The van der Waals surface area contributed by atoms with E-state index in [1.54, 1.807) is 0 Å². The Morgan fingerprint density at radius 1 is 1.17 bits per heavy atom. The highest BCUT2D eigenvalue weighted by Gasteiger charge is 2.14. The van der Waals surface area contributed by atoms with Crippen molar-refractivity contribution in [3.63, 3.8) is 0 Å². The molecule has 0 saturated carbocycles. The number of aryl methyl sites for hydroxylation is 2. The molecule has 1 heterocycles. The van der Waals surface area contributed by atoms with Gasteiger partial charge in [-0.05, 0) is 49.6 Å². The van der Waals surface area contributed by atoms with E-state index >= 15 is 0 Å². The molecule has 0 aliphatic rings. The third-order valence-corrected chi connectivity index (χ3v) is 5.85. The van der Waals surface area contributed by atoms with Gasteiger partial charge in [0.1, 0.15) is 0 Å². The Morgan fingerprint density at radius 2 is 1.89 bits per heavy atom. The lowest BCUT2D eigenvalue weighted by molar-refractivity contribution is 0.961. The molecule has 1 atom stereocenters. The van der Waals surface area contributed by atoms with Crippen molar-refractivity contribution in [2.75, 3.05) is 0 Å². The Bertz CT molecular complexity index is 563. The van der Waals surface area contributed by atoms with E-state index in [1.807, 2.05) is 29.5 Å². The monoisotopic (exact) mass is 362 g/mol. The lowest BCUT2D eigenvalue weighted by Crippen LogP contribution is -1.94. The zero-order chi connectivity index (χ0) is 13.3. The van der Waals surface area contributed by atoms with Crippen LogP contribution in [0, 0.1) is 13.8 Å². The molecule has 1 aromatic heterocycles. The fraction of sp³-hybridized carbons (Fsp3) is 0.286. The second-order valence-electron chi connectivity index (χ2n) is 4.32. The minimum Gasteiger partial charge on any atom is -0.144 e. The number of alkyl halides is 1. The summed E-state index contributed by atoms with van der Waals surface area (Å²) < 4.78 is 0. The van der Waals surface area contributed by atoms with E-state index in [0.29, 0.717) is 14.9 Å². The second kappa shape index (κ2) is 5.96. The number of hydrogen-bond donors (Lipinski definition) is 0. The zero-order valence-electron chi connectivity index (χ0n) is 10.1. The van der Waals surface area contributed by atoms with Crippen molar-refractivity contribution in [2.45, 2.75) is 25.1 Å². The van der Waals surface area contributed by atoms with Gasteiger partial charge in [-0.2, -0.15) is 0 Å². The largest absolute Gasteiger partial charge is 0.144 e. The van der Waals surface area contributed by atoms with E-state index in [-0.39, 0.29) is 0 Å². The average Bonchev–Trinajstić information content (AvgIpc) is 2.63. The third-order valence-electron chi connectivity index (χ3n) is 2.76. The molecule has 1 aromatic carbocycles. The van der Waals surface area contributed by atoms with Gasteiger partial charge in [-0.15, -0.1) is 11.3 Å². The SMILES string of the molecule is Cc1cc(C)c(C(Br)Cc2ccc(Cl)c(Cl)c2)s1. The Balaban J connectivity index is 2.18. The van der Waals surface area contributed by atoms with Gasteiger partial charge in [0.05, 0.1) is 14.9 Å². The Morgan fingerprint density at radius 3 is 2.44 bits per heavy atom. The van der Waals surface area contributed by atoms with Crippen LogP contribution in [-0.4, -0.2) is 0 Å². The quantitative estimate of drug-likeness (QED) is 0.557. The van der Waals surface area contributed by atoms with Gasteiger partial charge in [0.15, 0.2) is 0 Å². The number of halogens is 3. The first-order chi connectivity index (χ1) is 8.47. The van der Waals surface area contributed by atoms with E-state index in [0.717, 1.165) is 6.42 Å². The van der Waals surface area contributed by atoms with Crippen molar-refractivity contribution in [1.82, 2.24) is 0 Å². The van der Waals surface area contributed by atoms with E-state index in [4.69, 9.17) is 23.2 Å². The van der Waals surface area contributed by atoms with Gasteiger partial charge in [-0.3, -0.25) is 0 Å². The van der Waals surface area contributed by atoms with Crippen LogP contribution >= 0.6 is 50.5 Å². The van der Waals surface area contributed by atoms with Crippen LogP contribution in [-0.2, 0) is 6.42 Å². The van der Waals surface area contributed by atoms with Gasteiger partial charge in [-0.1, -0.05) is 45.2 Å². The fourth-order valence-corrected chi connectivity index (χ4v) is 4.29. The first-order valence-electron chi connectivity index (χ1n) is 5.62. The molecule has 0 aliphatic heterocycles. The molecule has 0 nitrogen and oxygen atoms in total. The average molecular weight is 364 g/mol. The van der Waals surface area contributed by atoms with Crippen molar-refractivity contribution in [2.24, 2.45) is 0 Å². The van der Waals surface area contributed by atoms with Crippen molar-refractivity contribution in [3.8, 4) is 0 Å². The smallest absolute Gasteiger partial charge is 0.0595 e. The Hall–Kier alpha value is -0.0200. The minimum atomic E-state index is 0.327. The molecule has 1 unspecified atom stereocenters. The number of rotatable bonds is 3. The molecule has 96 valence electrons. The standard InChI is InChI=1S/C14H13BrCl2S/c1-8-5-9(2)18-14(8)11(15)6-10-3-4-12(16)13(17)7-10/h3-5,7,11H,6H2,1-2H3. The molecule has 4 heteroatoms. The minimum absolute atomic E-state index is 0.327. The van der Waals surface area contributed by atoms with Crippen molar-refractivity contribution in [3.05, 3.63) is 55.2 Å². The van der Waals surface area contributed by atoms with E-state index in [1.165, 1.54) is 20.9 Å². The van der Waals surface area contributed by atoms with Gasteiger partial charge >= 0.3 is 0 Å². The van der Waals surface area contributed by atoms with Crippen LogP contribution in [0.5, 0.6) is 0 Å². The normalized spacial score (nSPS) is 12.7. The summed E-state index contributed by atoms with van der Waals surface area (Å²) in [5, 5.41) is 1.22. The molecule has 0 amide bonds. The predicted octanol–water partition coefficient (Wildman–Crippen LogP) is 6.35. The lowest BCUT2D eigenvalue weighted by atomic mass is 10.1. The van der Waals surface area contributed by atoms with Gasteiger partial charge in [0, 0.05) is 9.75 Å². The lowest BCUT2D eigenvalue weighted by Gasteiger charge is -2.10. The summed E-state index contributed by atoms with van der Waals surface area (Å²) in [7, 11) is 0. The molecule has 18 heavy (non-hydrogen) atoms. The van der Waals surface area contributed by atoms with Crippen molar-refractivity contribution < 1.29 is 0 Å². The number of hydrogen-bond acceptors (Lipinski definition) is 1. The van der Waals surface area contributed by atoms with Gasteiger partial charge in [0.2, 0.25) is 0 Å². The topological polar surface area (TPSA) is 0 Å². The summed E-state index contributed by atoms with van der Waals surface area (Å²) in [6, 6.07) is 8.04. The summed E-state index contributed by atoms with van der Waals surface area (Å²) in [5.74, 6) is 0. The third kappa shape index (κ3) is 3.30. The Kier molecular flexibility index (Phi) is 4.76. The highest BCUT2D eigenvalue weighted by Crippen LogP contribution is 2.36. The van der Waals surface area contributed by atoms with Crippen LogP contribution in [0.3, 0.4) is 0 Å². The molecule has 0 aliphatic carbocycles. The predicted molar refractivity (Wildman–Crippen MR) is 85.6 cm³/mol. The van der Waals surface area contributed by atoms with Crippen LogP contribution in [0.1, 0.15) is 25.7 Å². The molecular formula is C14H13BrCl2S. The molecule has 2 rings (SSSR count). The summed E-state index contributed by atoms with van der Waals surface area (Å²) in [6.07, 6.45) is 0.914. The zero-order valence-corrected chi connectivity index (χ0v) is 14.1. The van der Waals surface area contributed by atoms with Crippen LogP contribution in [0.15, 0.2) is 24.3 Å². The Labute approximate surface area is 130 Å². The van der Waals surface area contributed by atoms with Crippen LogP contribution < -0.4 is 0 Å². The van der Waals surface area contributed by atoms with E-state index in [9.17, 15) is 0 Å². The summed E-state index contributed by atoms with van der Waals surface area (Å²) in [5.41, 5.74) is 2.54. The van der Waals surface area contributed by atoms with E-state index in [2.05, 4.69) is 35.8 Å². The summed E-state index contributed by atoms with van der Waals surface area (Å²) in [6.45, 7) is 4.29. The molecule has 0 bridgehead atoms. The molecule has 2 aromatic rings. The first-order valence-corrected chi connectivity index (χ1v) is 8.11. The summed E-state index contributed by atoms with van der Waals surface area (Å²) >= 11 is 17.6. The molecule has 0 spiro atoms. The maximum absolute atomic E-state index is 6.03. The maximum Gasteiger partial charge on any atom is 0.0595 e. The van der Waals surface area contributed by atoms with Crippen LogP contribution in [0.4, 0.5) is 0 Å². The van der Waals surface area contributed by atoms with Gasteiger partial charge in [-0.25, -0.2) is 0 Å². The highest BCUT2D eigenvalue weighted by atomic mass is 79.9. The molecular weight excluding hydrogens is 351 g/mol.